The van der Waals surface area contributed by atoms with Crippen LogP contribution in [-0.2, 0) is 4.79 Å². The van der Waals surface area contributed by atoms with E-state index in [-0.39, 0.29) is 19.9 Å². The number of hydrogen-bond donors (Lipinski definition) is 4. The number of rotatable bonds is 6. The molecule has 0 aliphatic carbocycles. The molecule has 0 radical (unpaired) electrons. The zero-order valence-corrected chi connectivity index (χ0v) is 10.2. The van der Waals surface area contributed by atoms with E-state index < -0.39 is 18.1 Å². The third-order valence-corrected chi connectivity index (χ3v) is 2.79. The minimum Gasteiger partial charge on any atom is -0.454 e. The molecule has 104 valence electrons. The molecule has 0 bridgehead atoms. The van der Waals surface area contributed by atoms with Gasteiger partial charge in [-0.1, -0.05) is 6.07 Å². The van der Waals surface area contributed by atoms with Gasteiger partial charge in [0.15, 0.2) is 11.5 Å². The van der Waals surface area contributed by atoms with Crippen LogP contribution in [0.1, 0.15) is 11.7 Å². The predicted molar refractivity (Wildman–Crippen MR) is 65.6 cm³/mol. The van der Waals surface area contributed by atoms with Crippen LogP contribution in [0.5, 0.6) is 11.5 Å². The molecule has 19 heavy (non-hydrogen) atoms. The Bertz CT molecular complexity index is 465. The molecule has 2 atom stereocenters. The third-order valence-electron chi connectivity index (χ3n) is 2.79. The van der Waals surface area contributed by atoms with Crippen molar-refractivity contribution in [1.29, 1.82) is 0 Å². The van der Waals surface area contributed by atoms with Gasteiger partial charge in [0.25, 0.3) is 0 Å². The number of carbonyl (C=O) groups excluding carboxylic acids is 1. The van der Waals surface area contributed by atoms with Crippen molar-refractivity contribution in [3.05, 3.63) is 23.8 Å². The predicted octanol–water partition coefficient (Wildman–Crippen LogP) is -1.12. The number of hydrogen-bond acceptors (Lipinski definition) is 6. The quantitative estimate of drug-likeness (QED) is 0.520. The lowest BCUT2D eigenvalue weighted by atomic mass is 10.1. The maximum absolute atomic E-state index is 10.6. The average Bonchev–Trinajstić information content (AvgIpc) is 2.85. The van der Waals surface area contributed by atoms with Crippen molar-refractivity contribution in [3.8, 4) is 11.5 Å². The summed E-state index contributed by atoms with van der Waals surface area (Å²) in [6.07, 6.45) is -2.04. The van der Waals surface area contributed by atoms with Gasteiger partial charge in [0, 0.05) is 13.1 Å². The van der Waals surface area contributed by atoms with E-state index in [0.29, 0.717) is 17.1 Å². The first kappa shape index (κ1) is 13.6. The Hall–Kier alpha value is -1.83. The summed E-state index contributed by atoms with van der Waals surface area (Å²) in [4.78, 5) is 10.6. The van der Waals surface area contributed by atoms with E-state index >= 15 is 0 Å². The number of aliphatic hydroxyl groups is 2. The summed E-state index contributed by atoms with van der Waals surface area (Å²) in [6, 6.07) is 5.14. The molecule has 0 saturated heterocycles. The molecule has 2 unspecified atom stereocenters. The van der Waals surface area contributed by atoms with Crippen LogP contribution in [0.2, 0.25) is 0 Å². The van der Waals surface area contributed by atoms with Crippen molar-refractivity contribution < 1.29 is 24.5 Å². The number of ether oxygens (including phenoxy) is 2. The Kier molecular flexibility index (Phi) is 4.20. The first-order valence-electron chi connectivity index (χ1n) is 5.83. The van der Waals surface area contributed by atoms with E-state index in [2.05, 4.69) is 5.32 Å². The molecule has 7 heteroatoms. The van der Waals surface area contributed by atoms with E-state index in [1.807, 2.05) is 0 Å². The zero-order valence-electron chi connectivity index (χ0n) is 10.2. The highest BCUT2D eigenvalue weighted by atomic mass is 16.7. The van der Waals surface area contributed by atoms with Crippen molar-refractivity contribution in [2.45, 2.75) is 12.2 Å². The number of nitrogens with one attached hydrogen (secondary N) is 1. The standard InChI is InChI=1S/C12H16N2O5/c13-12(17)9(16)5-14-4-8(15)7-1-2-10-11(3-7)19-6-18-10/h1-3,8-9,14-16H,4-6H2,(H2,13,17). The van der Waals surface area contributed by atoms with Crippen molar-refractivity contribution >= 4 is 5.91 Å². The number of benzene rings is 1. The average molecular weight is 268 g/mol. The molecule has 0 aromatic heterocycles. The SMILES string of the molecule is NC(=O)C(O)CNCC(O)c1ccc2c(c1)OCO2. The molecule has 1 aliphatic rings. The molecule has 1 heterocycles. The van der Waals surface area contributed by atoms with Gasteiger partial charge in [-0.05, 0) is 17.7 Å². The van der Waals surface area contributed by atoms with E-state index in [9.17, 15) is 15.0 Å². The van der Waals surface area contributed by atoms with Crippen LogP contribution in [0.3, 0.4) is 0 Å². The fraction of sp³-hybridized carbons (Fsp3) is 0.417. The topological polar surface area (TPSA) is 114 Å². The molecule has 1 amide bonds. The largest absolute Gasteiger partial charge is 0.454 e. The van der Waals surface area contributed by atoms with Gasteiger partial charge in [-0.3, -0.25) is 4.79 Å². The number of carbonyl (C=O) groups is 1. The molecular formula is C12H16N2O5. The van der Waals surface area contributed by atoms with E-state index in [1.165, 1.54) is 0 Å². The van der Waals surface area contributed by atoms with Crippen LogP contribution in [-0.4, -0.2) is 42.1 Å². The fourth-order valence-corrected chi connectivity index (χ4v) is 1.70. The lowest BCUT2D eigenvalue weighted by Crippen LogP contribution is -2.38. The molecule has 5 N–H and O–H groups in total. The summed E-state index contributed by atoms with van der Waals surface area (Å²) < 4.78 is 10.4. The van der Waals surface area contributed by atoms with Gasteiger partial charge in [0.1, 0.15) is 6.10 Å². The second-order valence-electron chi connectivity index (χ2n) is 4.20. The number of amides is 1. The van der Waals surface area contributed by atoms with Gasteiger partial charge in [-0.2, -0.15) is 0 Å². The maximum atomic E-state index is 10.6. The summed E-state index contributed by atoms with van der Waals surface area (Å²) in [5.41, 5.74) is 5.56. The molecule has 1 aliphatic heterocycles. The second-order valence-corrected chi connectivity index (χ2v) is 4.20. The van der Waals surface area contributed by atoms with E-state index in [0.717, 1.165) is 0 Å². The number of primary amides is 1. The zero-order chi connectivity index (χ0) is 13.8. The first-order chi connectivity index (χ1) is 9.08. The monoisotopic (exact) mass is 268 g/mol. The van der Waals surface area contributed by atoms with Crippen LogP contribution >= 0.6 is 0 Å². The Morgan fingerprint density at radius 2 is 2.05 bits per heavy atom. The summed E-state index contributed by atoms with van der Waals surface area (Å²) in [6.45, 7) is 0.360. The Morgan fingerprint density at radius 3 is 2.79 bits per heavy atom. The molecule has 1 aromatic carbocycles. The lowest BCUT2D eigenvalue weighted by Gasteiger charge is -2.14. The minimum atomic E-state index is -1.26. The highest BCUT2D eigenvalue weighted by Crippen LogP contribution is 2.33. The van der Waals surface area contributed by atoms with Crippen molar-refractivity contribution in [1.82, 2.24) is 5.32 Å². The normalized spacial score (nSPS) is 16.1. The molecule has 7 nitrogen and oxygen atoms in total. The lowest BCUT2D eigenvalue weighted by molar-refractivity contribution is -0.125. The smallest absolute Gasteiger partial charge is 0.247 e. The van der Waals surface area contributed by atoms with E-state index in [1.54, 1.807) is 18.2 Å². The van der Waals surface area contributed by atoms with Gasteiger partial charge in [0.05, 0.1) is 6.10 Å². The minimum absolute atomic E-state index is 0.00303. The van der Waals surface area contributed by atoms with Gasteiger partial charge >= 0.3 is 0 Å². The van der Waals surface area contributed by atoms with Crippen molar-refractivity contribution in [2.75, 3.05) is 19.9 Å². The summed E-state index contributed by atoms with van der Waals surface area (Å²) in [5.74, 6) is 0.437. The molecule has 0 fully saturated rings. The third kappa shape index (κ3) is 3.34. The van der Waals surface area contributed by atoms with E-state index in [4.69, 9.17) is 15.2 Å². The van der Waals surface area contributed by atoms with Crippen LogP contribution in [0.4, 0.5) is 0 Å². The van der Waals surface area contributed by atoms with Gasteiger partial charge in [-0.15, -0.1) is 0 Å². The van der Waals surface area contributed by atoms with Crippen LogP contribution in [0.25, 0.3) is 0 Å². The molecular weight excluding hydrogens is 252 g/mol. The van der Waals surface area contributed by atoms with Gasteiger partial charge in [0.2, 0.25) is 12.7 Å². The van der Waals surface area contributed by atoms with Gasteiger partial charge in [-0.25, -0.2) is 0 Å². The Labute approximate surface area is 109 Å². The Balaban J connectivity index is 1.86. The second kappa shape index (κ2) is 5.87. The highest BCUT2D eigenvalue weighted by molar-refractivity contribution is 5.78. The Morgan fingerprint density at radius 1 is 1.32 bits per heavy atom. The molecule has 1 aromatic rings. The van der Waals surface area contributed by atoms with Crippen LogP contribution in [0, 0.1) is 0 Å². The van der Waals surface area contributed by atoms with Crippen molar-refractivity contribution in [3.63, 3.8) is 0 Å². The fourth-order valence-electron chi connectivity index (χ4n) is 1.70. The number of aliphatic hydroxyl groups excluding tert-OH is 2. The maximum Gasteiger partial charge on any atom is 0.247 e. The summed E-state index contributed by atoms with van der Waals surface area (Å²) in [7, 11) is 0. The summed E-state index contributed by atoms with van der Waals surface area (Å²) in [5, 5.41) is 21.9. The van der Waals surface area contributed by atoms with Crippen LogP contribution in [0.15, 0.2) is 18.2 Å². The highest BCUT2D eigenvalue weighted by Gasteiger charge is 2.17. The number of fused-ring (bicyclic) bond motifs is 1. The van der Waals surface area contributed by atoms with Crippen molar-refractivity contribution in [2.24, 2.45) is 5.73 Å². The summed E-state index contributed by atoms with van der Waals surface area (Å²) >= 11 is 0. The first-order valence-corrected chi connectivity index (χ1v) is 5.83. The molecule has 2 rings (SSSR count). The molecule has 0 spiro atoms. The van der Waals surface area contributed by atoms with Crippen LogP contribution < -0.4 is 20.5 Å². The number of nitrogens with two attached hydrogens (primary N) is 1. The molecule has 0 saturated carbocycles. The van der Waals surface area contributed by atoms with Gasteiger partial charge < -0.3 is 30.7 Å².